The van der Waals surface area contributed by atoms with Crippen LogP contribution >= 0.6 is 0 Å². The molecule has 2 rings (SSSR count). The van der Waals surface area contributed by atoms with E-state index in [1.807, 2.05) is 0 Å². The summed E-state index contributed by atoms with van der Waals surface area (Å²) in [6.45, 7) is 1.39. The molecule has 0 aliphatic carbocycles. The maximum Gasteiger partial charge on any atom is 0.341 e. The van der Waals surface area contributed by atoms with E-state index >= 15 is 0 Å². The number of furan rings is 1. The van der Waals surface area contributed by atoms with E-state index in [1.54, 1.807) is 49.4 Å². The fraction of sp³-hybridized carbons (Fsp3) is 0.125. The van der Waals surface area contributed by atoms with Gasteiger partial charge in [-0.25, -0.2) is 4.79 Å². The highest BCUT2D eigenvalue weighted by Gasteiger charge is 2.05. The highest BCUT2D eigenvalue weighted by Crippen LogP contribution is 2.14. The molecule has 1 aromatic heterocycles. The SMILES string of the molecule is Cc1ccc(C(=O)/C=C\c2ccc(OCC(=O)O)cc2)o1. The van der Waals surface area contributed by atoms with Crippen molar-refractivity contribution in [2.75, 3.05) is 6.61 Å². The second kappa shape index (κ2) is 6.56. The zero-order valence-corrected chi connectivity index (χ0v) is 11.4. The summed E-state index contributed by atoms with van der Waals surface area (Å²) in [4.78, 5) is 22.2. The van der Waals surface area contributed by atoms with E-state index in [1.165, 1.54) is 6.08 Å². The summed E-state index contributed by atoms with van der Waals surface area (Å²) in [5.41, 5.74) is 0.800. The highest BCUT2D eigenvalue weighted by atomic mass is 16.5. The lowest BCUT2D eigenvalue weighted by Crippen LogP contribution is -2.09. The van der Waals surface area contributed by atoms with Crippen LogP contribution in [-0.4, -0.2) is 23.5 Å². The molecule has 0 fully saturated rings. The molecule has 0 aliphatic rings. The molecule has 0 amide bonds. The summed E-state index contributed by atoms with van der Waals surface area (Å²) in [5, 5.41) is 8.50. The van der Waals surface area contributed by atoms with Gasteiger partial charge in [-0.15, -0.1) is 0 Å². The number of carbonyl (C=O) groups is 2. The molecule has 0 aliphatic heterocycles. The lowest BCUT2D eigenvalue weighted by atomic mass is 10.2. The van der Waals surface area contributed by atoms with Gasteiger partial charge < -0.3 is 14.3 Å². The largest absolute Gasteiger partial charge is 0.482 e. The van der Waals surface area contributed by atoms with E-state index in [2.05, 4.69) is 0 Å². The van der Waals surface area contributed by atoms with Gasteiger partial charge in [0.25, 0.3) is 0 Å². The average molecular weight is 286 g/mol. The smallest absolute Gasteiger partial charge is 0.341 e. The van der Waals surface area contributed by atoms with Crippen LogP contribution in [0.2, 0.25) is 0 Å². The molecule has 1 N–H and O–H groups in total. The first-order valence-corrected chi connectivity index (χ1v) is 6.28. The van der Waals surface area contributed by atoms with Crippen molar-refractivity contribution in [3.8, 4) is 5.75 Å². The van der Waals surface area contributed by atoms with E-state index in [0.717, 1.165) is 5.56 Å². The van der Waals surface area contributed by atoms with E-state index in [0.29, 0.717) is 17.3 Å². The Kier molecular flexibility index (Phi) is 4.56. The number of carboxylic acid groups (broad SMARTS) is 1. The summed E-state index contributed by atoms with van der Waals surface area (Å²) in [5.74, 6) is 0.201. The molecule has 108 valence electrons. The Morgan fingerprint density at radius 2 is 1.90 bits per heavy atom. The van der Waals surface area contributed by atoms with Crippen molar-refractivity contribution in [1.82, 2.24) is 0 Å². The van der Waals surface area contributed by atoms with Crippen molar-refractivity contribution >= 4 is 17.8 Å². The van der Waals surface area contributed by atoms with Gasteiger partial charge >= 0.3 is 5.97 Å². The van der Waals surface area contributed by atoms with E-state index < -0.39 is 5.97 Å². The van der Waals surface area contributed by atoms with Crippen LogP contribution in [0.1, 0.15) is 21.9 Å². The van der Waals surface area contributed by atoms with Crippen LogP contribution in [0.5, 0.6) is 5.75 Å². The first-order chi connectivity index (χ1) is 10.0. The molecule has 0 bridgehead atoms. The normalized spacial score (nSPS) is 10.7. The van der Waals surface area contributed by atoms with Crippen molar-refractivity contribution in [2.24, 2.45) is 0 Å². The van der Waals surface area contributed by atoms with Crippen LogP contribution in [0, 0.1) is 6.92 Å². The fourth-order valence-corrected chi connectivity index (χ4v) is 1.64. The number of carboxylic acids is 1. The Morgan fingerprint density at radius 3 is 2.48 bits per heavy atom. The number of allylic oxidation sites excluding steroid dienone is 1. The molecule has 0 spiro atoms. The average Bonchev–Trinajstić information content (AvgIpc) is 2.90. The molecule has 5 heteroatoms. The van der Waals surface area contributed by atoms with Gasteiger partial charge in [-0.2, -0.15) is 0 Å². The number of aryl methyl sites for hydroxylation is 1. The molecule has 5 nitrogen and oxygen atoms in total. The van der Waals surface area contributed by atoms with Gasteiger partial charge in [0, 0.05) is 0 Å². The minimum absolute atomic E-state index is 0.214. The van der Waals surface area contributed by atoms with Gasteiger partial charge in [0.2, 0.25) is 5.78 Å². The molecule has 0 saturated carbocycles. The van der Waals surface area contributed by atoms with Gasteiger partial charge in [-0.3, -0.25) is 4.79 Å². The first-order valence-electron chi connectivity index (χ1n) is 6.28. The number of ketones is 1. The Morgan fingerprint density at radius 1 is 1.19 bits per heavy atom. The van der Waals surface area contributed by atoms with Crippen molar-refractivity contribution in [3.05, 3.63) is 59.6 Å². The topological polar surface area (TPSA) is 76.7 Å². The Bertz CT molecular complexity index is 664. The van der Waals surface area contributed by atoms with Crippen LogP contribution in [0.25, 0.3) is 6.08 Å². The molecule has 0 saturated heterocycles. The summed E-state index contributed by atoms with van der Waals surface area (Å²) >= 11 is 0. The lowest BCUT2D eigenvalue weighted by Gasteiger charge is -2.02. The minimum Gasteiger partial charge on any atom is -0.482 e. The number of hydrogen-bond acceptors (Lipinski definition) is 4. The molecule has 0 radical (unpaired) electrons. The van der Waals surface area contributed by atoms with Crippen LogP contribution < -0.4 is 4.74 Å². The van der Waals surface area contributed by atoms with Gasteiger partial charge in [0.15, 0.2) is 12.4 Å². The van der Waals surface area contributed by atoms with Crippen molar-refractivity contribution in [1.29, 1.82) is 0 Å². The van der Waals surface area contributed by atoms with E-state index in [-0.39, 0.29) is 12.4 Å². The quantitative estimate of drug-likeness (QED) is 0.652. The molecular weight excluding hydrogens is 272 g/mol. The summed E-state index contributed by atoms with van der Waals surface area (Å²) in [6, 6.07) is 10.1. The van der Waals surface area contributed by atoms with E-state index in [9.17, 15) is 9.59 Å². The number of benzene rings is 1. The van der Waals surface area contributed by atoms with Gasteiger partial charge in [0.05, 0.1) is 0 Å². The second-order valence-corrected chi connectivity index (χ2v) is 4.36. The van der Waals surface area contributed by atoms with Crippen LogP contribution in [0.3, 0.4) is 0 Å². The van der Waals surface area contributed by atoms with Gasteiger partial charge in [-0.05, 0) is 42.8 Å². The predicted octanol–water partition coefficient (Wildman–Crippen LogP) is 2.95. The fourth-order valence-electron chi connectivity index (χ4n) is 1.64. The predicted molar refractivity (Wildman–Crippen MR) is 76.4 cm³/mol. The van der Waals surface area contributed by atoms with Crippen LogP contribution in [-0.2, 0) is 4.79 Å². The van der Waals surface area contributed by atoms with E-state index in [4.69, 9.17) is 14.3 Å². The standard InChI is InChI=1S/C16H14O5/c1-11-2-9-15(21-11)14(17)8-5-12-3-6-13(7-4-12)20-10-16(18)19/h2-9H,10H2,1H3,(H,18,19)/b8-5-. The maximum absolute atomic E-state index is 11.8. The third kappa shape index (κ3) is 4.35. The zero-order valence-electron chi connectivity index (χ0n) is 11.4. The number of carbonyl (C=O) groups excluding carboxylic acids is 1. The molecule has 1 aromatic carbocycles. The third-order valence-electron chi connectivity index (χ3n) is 2.65. The monoisotopic (exact) mass is 286 g/mol. The molecular formula is C16H14O5. The lowest BCUT2D eigenvalue weighted by molar-refractivity contribution is -0.139. The first kappa shape index (κ1) is 14.6. The van der Waals surface area contributed by atoms with Gasteiger partial charge in [-0.1, -0.05) is 18.2 Å². The Labute approximate surface area is 121 Å². The highest BCUT2D eigenvalue weighted by molar-refractivity contribution is 6.04. The third-order valence-corrected chi connectivity index (χ3v) is 2.65. The second-order valence-electron chi connectivity index (χ2n) is 4.36. The van der Waals surface area contributed by atoms with Crippen LogP contribution in [0.4, 0.5) is 0 Å². The molecule has 1 heterocycles. The molecule has 21 heavy (non-hydrogen) atoms. The number of aliphatic carboxylic acids is 1. The molecule has 0 atom stereocenters. The number of ether oxygens (including phenoxy) is 1. The summed E-state index contributed by atoms with van der Waals surface area (Å²) in [6.07, 6.45) is 3.08. The summed E-state index contributed by atoms with van der Waals surface area (Å²) in [7, 11) is 0. The van der Waals surface area contributed by atoms with Crippen molar-refractivity contribution in [3.63, 3.8) is 0 Å². The Balaban J connectivity index is 1.98. The Hall–Kier alpha value is -2.82. The van der Waals surface area contributed by atoms with Crippen molar-refractivity contribution in [2.45, 2.75) is 6.92 Å². The molecule has 0 unspecified atom stereocenters. The van der Waals surface area contributed by atoms with Crippen LogP contribution in [0.15, 0.2) is 46.9 Å². The van der Waals surface area contributed by atoms with Gasteiger partial charge in [0.1, 0.15) is 11.5 Å². The van der Waals surface area contributed by atoms with Crippen molar-refractivity contribution < 1.29 is 23.8 Å². The number of rotatable bonds is 6. The number of hydrogen-bond donors (Lipinski definition) is 1. The molecule has 2 aromatic rings. The minimum atomic E-state index is -1.03. The maximum atomic E-state index is 11.8. The zero-order chi connectivity index (χ0) is 15.2. The summed E-state index contributed by atoms with van der Waals surface area (Å²) < 4.78 is 10.2.